The second kappa shape index (κ2) is 8.72. The lowest BCUT2D eigenvalue weighted by Crippen LogP contribution is -2.47. The molecule has 1 aromatic carbocycles. The molecular weight excluding hydrogens is 372 g/mol. The van der Waals surface area contributed by atoms with E-state index in [0.29, 0.717) is 6.61 Å². The number of carbonyl (C=O) groups is 1. The Morgan fingerprint density at radius 2 is 2.11 bits per heavy atom. The summed E-state index contributed by atoms with van der Waals surface area (Å²) in [5.41, 5.74) is 2.33. The molecule has 6 heteroatoms. The lowest BCUT2D eigenvalue weighted by atomic mass is 9.70. The molecule has 0 radical (unpaired) electrons. The standard InChI is InChI=1S/C22H28N2O3S/c1-17-23-20(16-28-17)22(18-6-3-2-4-7-18)9-11-24(12-10-22)21(25)15-26-14-19-8-5-13-27-19/h2-4,6-7,16,19H,5,8-15H2,1H3. The van der Waals surface area contributed by atoms with Crippen molar-refractivity contribution in [2.45, 2.75) is 44.1 Å². The van der Waals surface area contributed by atoms with Crippen LogP contribution >= 0.6 is 11.3 Å². The maximum atomic E-state index is 12.6. The van der Waals surface area contributed by atoms with Crippen LogP contribution in [0.3, 0.4) is 0 Å². The summed E-state index contributed by atoms with van der Waals surface area (Å²) in [6.45, 7) is 4.99. The Hall–Kier alpha value is -1.76. The van der Waals surface area contributed by atoms with E-state index in [4.69, 9.17) is 14.5 Å². The van der Waals surface area contributed by atoms with Crippen LogP contribution in [0.15, 0.2) is 35.7 Å². The zero-order valence-electron chi connectivity index (χ0n) is 16.4. The van der Waals surface area contributed by atoms with Crippen molar-refractivity contribution in [3.63, 3.8) is 0 Å². The summed E-state index contributed by atoms with van der Waals surface area (Å²) < 4.78 is 11.2. The predicted molar refractivity (Wildman–Crippen MR) is 110 cm³/mol. The zero-order chi connectivity index (χ0) is 19.4. The fraction of sp³-hybridized carbons (Fsp3) is 0.545. The predicted octanol–water partition coefficient (Wildman–Crippen LogP) is 3.56. The average Bonchev–Trinajstić information content (AvgIpc) is 3.41. The largest absolute Gasteiger partial charge is 0.376 e. The molecule has 150 valence electrons. The van der Waals surface area contributed by atoms with Crippen molar-refractivity contribution >= 4 is 17.2 Å². The van der Waals surface area contributed by atoms with Crippen LogP contribution in [-0.4, -0.2) is 54.8 Å². The molecule has 28 heavy (non-hydrogen) atoms. The maximum absolute atomic E-state index is 12.6. The van der Waals surface area contributed by atoms with Crippen molar-refractivity contribution in [3.05, 3.63) is 52.0 Å². The first-order valence-corrected chi connectivity index (χ1v) is 11.0. The second-order valence-electron chi connectivity index (χ2n) is 7.73. The molecule has 2 aliphatic heterocycles. The number of amides is 1. The number of hydrogen-bond donors (Lipinski definition) is 0. The monoisotopic (exact) mass is 400 g/mol. The zero-order valence-corrected chi connectivity index (χ0v) is 17.2. The molecule has 1 atom stereocenters. The van der Waals surface area contributed by atoms with Gasteiger partial charge in [-0.25, -0.2) is 4.98 Å². The van der Waals surface area contributed by atoms with Gasteiger partial charge in [0.25, 0.3) is 0 Å². The van der Waals surface area contributed by atoms with Gasteiger partial charge in [-0.1, -0.05) is 30.3 Å². The molecule has 1 aromatic heterocycles. The van der Waals surface area contributed by atoms with E-state index >= 15 is 0 Å². The number of likely N-dealkylation sites (tertiary alicyclic amines) is 1. The molecule has 0 aliphatic carbocycles. The smallest absolute Gasteiger partial charge is 0.248 e. The number of hydrogen-bond acceptors (Lipinski definition) is 5. The lowest BCUT2D eigenvalue weighted by molar-refractivity contribution is -0.138. The lowest BCUT2D eigenvalue weighted by Gasteiger charge is -2.41. The van der Waals surface area contributed by atoms with Crippen molar-refractivity contribution in [1.29, 1.82) is 0 Å². The van der Waals surface area contributed by atoms with Gasteiger partial charge in [-0.05, 0) is 38.2 Å². The number of ether oxygens (including phenoxy) is 2. The number of rotatable bonds is 6. The van der Waals surface area contributed by atoms with E-state index in [1.807, 2.05) is 11.0 Å². The third-order valence-corrected chi connectivity index (χ3v) is 6.73. The molecule has 3 heterocycles. The third kappa shape index (κ3) is 4.14. The quantitative estimate of drug-likeness (QED) is 0.744. The molecule has 0 bridgehead atoms. The van der Waals surface area contributed by atoms with Gasteiger partial charge in [-0.3, -0.25) is 4.79 Å². The number of carbonyl (C=O) groups excluding carboxylic acids is 1. The van der Waals surface area contributed by atoms with Crippen LogP contribution in [0.5, 0.6) is 0 Å². The molecule has 2 saturated heterocycles. The number of benzene rings is 1. The molecular formula is C22H28N2O3S. The Labute approximate surface area is 170 Å². The summed E-state index contributed by atoms with van der Waals surface area (Å²) in [6, 6.07) is 10.6. The van der Waals surface area contributed by atoms with Gasteiger partial charge in [-0.2, -0.15) is 0 Å². The molecule has 4 rings (SSSR count). The van der Waals surface area contributed by atoms with Crippen LogP contribution in [0.2, 0.25) is 0 Å². The third-order valence-electron chi connectivity index (χ3n) is 5.96. The Kier molecular flexibility index (Phi) is 6.09. The number of piperidine rings is 1. The van der Waals surface area contributed by atoms with Gasteiger partial charge >= 0.3 is 0 Å². The van der Waals surface area contributed by atoms with Crippen LogP contribution in [-0.2, 0) is 19.7 Å². The first kappa shape index (κ1) is 19.6. The van der Waals surface area contributed by atoms with E-state index in [9.17, 15) is 4.79 Å². The van der Waals surface area contributed by atoms with E-state index in [0.717, 1.165) is 56.1 Å². The van der Waals surface area contributed by atoms with Crippen molar-refractivity contribution < 1.29 is 14.3 Å². The van der Waals surface area contributed by atoms with Crippen molar-refractivity contribution in [2.24, 2.45) is 0 Å². The van der Waals surface area contributed by atoms with Crippen LogP contribution in [0, 0.1) is 6.92 Å². The second-order valence-corrected chi connectivity index (χ2v) is 8.79. The summed E-state index contributed by atoms with van der Waals surface area (Å²) in [4.78, 5) is 19.4. The summed E-state index contributed by atoms with van der Waals surface area (Å²) in [5, 5.41) is 3.27. The van der Waals surface area contributed by atoms with Gasteiger partial charge in [0.15, 0.2) is 0 Å². The van der Waals surface area contributed by atoms with Crippen LogP contribution in [0.4, 0.5) is 0 Å². The summed E-state index contributed by atoms with van der Waals surface area (Å²) in [5.74, 6) is 0.0779. The van der Waals surface area contributed by atoms with Crippen LogP contribution in [0.25, 0.3) is 0 Å². The van der Waals surface area contributed by atoms with Gasteiger partial charge in [0.05, 0.1) is 23.4 Å². The number of aryl methyl sites for hydroxylation is 1. The number of thiazole rings is 1. The maximum Gasteiger partial charge on any atom is 0.248 e. The van der Waals surface area contributed by atoms with E-state index in [2.05, 4.69) is 36.6 Å². The van der Waals surface area contributed by atoms with Crippen LogP contribution < -0.4 is 0 Å². The minimum atomic E-state index is -0.110. The van der Waals surface area contributed by atoms with Gasteiger partial charge in [-0.15, -0.1) is 11.3 Å². The molecule has 0 N–H and O–H groups in total. The highest BCUT2D eigenvalue weighted by Crippen LogP contribution is 2.41. The Morgan fingerprint density at radius 1 is 1.32 bits per heavy atom. The van der Waals surface area contributed by atoms with Crippen molar-refractivity contribution in [1.82, 2.24) is 9.88 Å². The summed E-state index contributed by atoms with van der Waals surface area (Å²) >= 11 is 1.70. The first-order chi connectivity index (χ1) is 13.7. The summed E-state index contributed by atoms with van der Waals surface area (Å²) in [7, 11) is 0. The molecule has 2 fully saturated rings. The van der Waals surface area contributed by atoms with E-state index in [1.54, 1.807) is 11.3 Å². The average molecular weight is 401 g/mol. The minimum Gasteiger partial charge on any atom is -0.376 e. The molecule has 5 nitrogen and oxygen atoms in total. The minimum absolute atomic E-state index is 0.0779. The Balaban J connectivity index is 1.40. The van der Waals surface area contributed by atoms with E-state index in [1.165, 1.54) is 5.56 Å². The Morgan fingerprint density at radius 3 is 2.75 bits per heavy atom. The SMILES string of the molecule is Cc1nc(C2(c3ccccc3)CCN(C(=O)COCC3CCCO3)CC2)cs1. The van der Waals surface area contributed by atoms with Gasteiger partial charge < -0.3 is 14.4 Å². The molecule has 0 spiro atoms. The van der Waals surface area contributed by atoms with Gasteiger partial charge in [0.1, 0.15) is 6.61 Å². The van der Waals surface area contributed by atoms with E-state index < -0.39 is 0 Å². The van der Waals surface area contributed by atoms with Crippen molar-refractivity contribution in [3.8, 4) is 0 Å². The number of aromatic nitrogens is 1. The fourth-order valence-corrected chi connectivity index (χ4v) is 5.03. The summed E-state index contributed by atoms with van der Waals surface area (Å²) in [6.07, 6.45) is 4.05. The first-order valence-electron chi connectivity index (χ1n) is 10.1. The van der Waals surface area contributed by atoms with Gasteiger partial charge in [0, 0.05) is 30.5 Å². The highest BCUT2D eigenvalue weighted by molar-refractivity contribution is 7.09. The topological polar surface area (TPSA) is 51.7 Å². The van der Waals surface area contributed by atoms with Crippen LogP contribution in [0.1, 0.15) is 41.9 Å². The van der Waals surface area contributed by atoms with Gasteiger partial charge in [0.2, 0.25) is 5.91 Å². The Bertz CT molecular complexity index is 778. The number of nitrogens with zero attached hydrogens (tertiary/aromatic N) is 2. The van der Waals surface area contributed by atoms with Crippen molar-refractivity contribution in [2.75, 3.05) is 32.9 Å². The highest BCUT2D eigenvalue weighted by Gasteiger charge is 2.40. The molecule has 2 aliphatic rings. The normalized spacial score (nSPS) is 21.8. The fourth-order valence-electron chi connectivity index (χ4n) is 4.32. The van der Waals surface area contributed by atoms with E-state index in [-0.39, 0.29) is 24.0 Å². The molecule has 0 saturated carbocycles. The highest BCUT2D eigenvalue weighted by atomic mass is 32.1. The molecule has 2 aromatic rings. The molecule has 1 unspecified atom stereocenters. The molecule has 1 amide bonds.